The van der Waals surface area contributed by atoms with Crippen LogP contribution in [0.5, 0.6) is 0 Å². The lowest BCUT2D eigenvalue weighted by atomic mass is 10.1. The van der Waals surface area contributed by atoms with Crippen LogP contribution in [0.1, 0.15) is 5.56 Å². The van der Waals surface area contributed by atoms with Crippen molar-refractivity contribution < 1.29 is 0 Å². The van der Waals surface area contributed by atoms with Crippen molar-refractivity contribution in [2.24, 2.45) is 0 Å². The van der Waals surface area contributed by atoms with Gasteiger partial charge in [-0.15, -0.1) is 0 Å². The molecule has 150 valence electrons. The van der Waals surface area contributed by atoms with Gasteiger partial charge in [0.25, 0.3) is 0 Å². The zero-order chi connectivity index (χ0) is 20.9. The minimum absolute atomic E-state index is 0.563. The minimum atomic E-state index is 0.563. The van der Waals surface area contributed by atoms with Gasteiger partial charge < -0.3 is 27.4 Å². The molecule has 0 radical (unpaired) electrons. The van der Waals surface area contributed by atoms with Gasteiger partial charge in [-0.25, -0.2) is 0 Å². The first-order chi connectivity index (χ1) is 14.6. The Kier molecular flexibility index (Phi) is 5.39. The highest BCUT2D eigenvalue weighted by molar-refractivity contribution is 5.88. The molecule has 7 N–H and O–H groups in total. The molecular weight excluding hydrogens is 372 g/mol. The molecule has 0 amide bonds. The van der Waals surface area contributed by atoms with Gasteiger partial charge in [0, 0.05) is 11.9 Å². The second-order valence-electron chi connectivity index (χ2n) is 7.06. The average Bonchev–Trinajstić information content (AvgIpc) is 2.75. The number of nitrogens with two attached hydrogens (primary N) is 2. The summed E-state index contributed by atoms with van der Waals surface area (Å²) in [7, 11) is 0. The van der Waals surface area contributed by atoms with Crippen LogP contribution in [0.2, 0.25) is 0 Å². The lowest BCUT2D eigenvalue weighted by Crippen LogP contribution is -2.03. The Hall–Kier alpha value is -4.19. The molecule has 6 nitrogen and oxygen atoms in total. The molecule has 0 bridgehead atoms. The number of hydrogen-bond acceptors (Lipinski definition) is 6. The van der Waals surface area contributed by atoms with E-state index in [0.29, 0.717) is 11.4 Å². The molecule has 0 fully saturated rings. The van der Waals surface area contributed by atoms with Gasteiger partial charge in [0.2, 0.25) is 0 Å². The zero-order valence-corrected chi connectivity index (χ0v) is 16.7. The van der Waals surface area contributed by atoms with Crippen LogP contribution in [0.4, 0.5) is 45.5 Å². The van der Waals surface area contributed by atoms with E-state index in [9.17, 15) is 0 Å². The van der Waals surface area contributed by atoms with Crippen molar-refractivity contribution in [3.8, 4) is 0 Å². The van der Waals surface area contributed by atoms with Crippen molar-refractivity contribution in [3.05, 3.63) is 90.8 Å². The molecule has 4 rings (SSSR count). The van der Waals surface area contributed by atoms with Crippen LogP contribution >= 0.6 is 0 Å². The topological polar surface area (TPSA) is 101 Å². The molecule has 0 unspecified atom stereocenters. The van der Waals surface area contributed by atoms with Crippen molar-refractivity contribution in [1.82, 2.24) is 4.98 Å². The Morgan fingerprint density at radius 1 is 0.633 bits per heavy atom. The van der Waals surface area contributed by atoms with E-state index < -0.39 is 0 Å². The summed E-state index contributed by atoms with van der Waals surface area (Å²) >= 11 is 0. The minimum Gasteiger partial charge on any atom is -0.397 e. The van der Waals surface area contributed by atoms with Gasteiger partial charge in [-0.2, -0.15) is 0 Å². The molecule has 0 atom stereocenters. The highest BCUT2D eigenvalue weighted by Crippen LogP contribution is 2.35. The number of benzene rings is 3. The summed E-state index contributed by atoms with van der Waals surface area (Å²) in [6, 6.07) is 23.7. The molecule has 0 saturated heterocycles. The Labute approximate surface area is 176 Å². The van der Waals surface area contributed by atoms with Gasteiger partial charge in [0.15, 0.2) is 0 Å². The summed E-state index contributed by atoms with van der Waals surface area (Å²) in [6.45, 7) is 2.07. The summed E-state index contributed by atoms with van der Waals surface area (Å²) in [5.74, 6) is 0. The molecule has 1 heterocycles. The fraction of sp³-hybridized carbons (Fsp3) is 0.0417. The van der Waals surface area contributed by atoms with Gasteiger partial charge in [0.1, 0.15) is 0 Å². The standard InChI is InChI=1S/C24H24N6/c1-16-8-10-17(11-9-16)28-21-6-2-3-7-22(21)30-24-14-23(19(25)13-20(24)26)29-18-5-4-12-27-15-18/h2-15,28-30H,25-26H2,1H3. The van der Waals surface area contributed by atoms with Crippen molar-refractivity contribution in [2.45, 2.75) is 6.92 Å². The molecule has 1 aromatic heterocycles. The molecule has 0 spiro atoms. The summed E-state index contributed by atoms with van der Waals surface area (Å²) in [4.78, 5) is 4.12. The van der Waals surface area contributed by atoms with Gasteiger partial charge in [-0.3, -0.25) is 4.98 Å². The van der Waals surface area contributed by atoms with E-state index in [1.165, 1.54) is 5.56 Å². The second kappa shape index (κ2) is 8.45. The molecule has 4 aromatic rings. The van der Waals surface area contributed by atoms with E-state index in [1.54, 1.807) is 18.5 Å². The van der Waals surface area contributed by atoms with E-state index in [0.717, 1.165) is 34.1 Å². The van der Waals surface area contributed by atoms with Crippen LogP contribution in [0.25, 0.3) is 0 Å². The molecule has 0 saturated carbocycles. The number of nitrogens with zero attached hydrogens (tertiary/aromatic N) is 1. The number of nitrogen functional groups attached to an aromatic ring is 2. The fourth-order valence-electron chi connectivity index (χ4n) is 3.08. The van der Waals surface area contributed by atoms with E-state index in [-0.39, 0.29) is 0 Å². The maximum Gasteiger partial charge on any atom is 0.0640 e. The van der Waals surface area contributed by atoms with Crippen LogP contribution in [-0.4, -0.2) is 4.98 Å². The van der Waals surface area contributed by atoms with Crippen molar-refractivity contribution in [2.75, 3.05) is 27.4 Å². The SMILES string of the molecule is Cc1ccc(Nc2ccccc2Nc2cc(Nc3cccnc3)c(N)cc2N)cc1. The molecule has 0 aliphatic carbocycles. The maximum absolute atomic E-state index is 6.25. The number of para-hydroxylation sites is 2. The van der Waals surface area contributed by atoms with Gasteiger partial charge in [0.05, 0.1) is 46.0 Å². The summed E-state index contributed by atoms with van der Waals surface area (Å²) < 4.78 is 0. The van der Waals surface area contributed by atoms with Gasteiger partial charge >= 0.3 is 0 Å². The third kappa shape index (κ3) is 4.44. The second-order valence-corrected chi connectivity index (χ2v) is 7.06. The van der Waals surface area contributed by atoms with Crippen LogP contribution in [-0.2, 0) is 0 Å². The number of hydrogen-bond donors (Lipinski definition) is 5. The number of rotatable bonds is 6. The zero-order valence-electron chi connectivity index (χ0n) is 16.7. The van der Waals surface area contributed by atoms with Crippen LogP contribution < -0.4 is 27.4 Å². The first-order valence-electron chi connectivity index (χ1n) is 9.64. The van der Waals surface area contributed by atoms with E-state index in [4.69, 9.17) is 11.5 Å². The Morgan fingerprint density at radius 2 is 1.27 bits per heavy atom. The number of aryl methyl sites for hydroxylation is 1. The monoisotopic (exact) mass is 396 g/mol. The third-order valence-corrected chi connectivity index (χ3v) is 4.69. The predicted octanol–water partition coefficient (Wildman–Crippen LogP) is 5.79. The Morgan fingerprint density at radius 3 is 1.93 bits per heavy atom. The predicted molar refractivity (Wildman–Crippen MR) is 127 cm³/mol. The van der Waals surface area contributed by atoms with Crippen molar-refractivity contribution >= 4 is 45.5 Å². The van der Waals surface area contributed by atoms with Crippen LogP contribution in [0, 0.1) is 6.92 Å². The smallest absolute Gasteiger partial charge is 0.0640 e. The molecule has 30 heavy (non-hydrogen) atoms. The Bertz CT molecular complexity index is 1140. The molecule has 0 aliphatic heterocycles. The van der Waals surface area contributed by atoms with Crippen molar-refractivity contribution in [3.63, 3.8) is 0 Å². The maximum atomic E-state index is 6.25. The van der Waals surface area contributed by atoms with E-state index in [1.807, 2.05) is 42.5 Å². The quantitative estimate of drug-likeness (QED) is 0.265. The summed E-state index contributed by atoms with van der Waals surface area (Å²) in [5.41, 5.74) is 20.0. The first kappa shape index (κ1) is 19.1. The highest BCUT2D eigenvalue weighted by Gasteiger charge is 2.09. The van der Waals surface area contributed by atoms with E-state index in [2.05, 4.69) is 52.1 Å². The summed E-state index contributed by atoms with van der Waals surface area (Å²) in [6.07, 6.45) is 3.46. The number of aromatic nitrogens is 1. The van der Waals surface area contributed by atoms with Crippen molar-refractivity contribution in [1.29, 1.82) is 0 Å². The highest BCUT2D eigenvalue weighted by atomic mass is 15.0. The average molecular weight is 396 g/mol. The van der Waals surface area contributed by atoms with Crippen LogP contribution in [0.15, 0.2) is 85.2 Å². The largest absolute Gasteiger partial charge is 0.397 e. The van der Waals surface area contributed by atoms with Gasteiger partial charge in [-0.05, 0) is 55.5 Å². The lowest BCUT2D eigenvalue weighted by Gasteiger charge is -2.18. The summed E-state index contributed by atoms with van der Waals surface area (Å²) in [5, 5.41) is 10.2. The number of pyridine rings is 1. The van der Waals surface area contributed by atoms with Crippen LogP contribution in [0.3, 0.4) is 0 Å². The van der Waals surface area contributed by atoms with E-state index >= 15 is 0 Å². The fourth-order valence-corrected chi connectivity index (χ4v) is 3.08. The number of nitrogens with one attached hydrogen (secondary N) is 3. The first-order valence-corrected chi connectivity index (χ1v) is 9.64. The molecule has 3 aromatic carbocycles. The molecule has 0 aliphatic rings. The molecule has 6 heteroatoms. The molecular formula is C24H24N6. The third-order valence-electron chi connectivity index (χ3n) is 4.69. The number of anilines is 8. The lowest BCUT2D eigenvalue weighted by molar-refractivity contribution is 1.32. The van der Waals surface area contributed by atoms with Gasteiger partial charge in [-0.1, -0.05) is 29.8 Å². The Balaban J connectivity index is 1.61. The normalized spacial score (nSPS) is 10.4.